The van der Waals surface area contributed by atoms with Gasteiger partial charge in [0.15, 0.2) is 0 Å². The number of hydrogen-bond donors (Lipinski definition) is 2. The molecule has 1 aliphatic carbocycles. The molecule has 0 bridgehead atoms. The zero-order valence-electron chi connectivity index (χ0n) is 19.9. The molecule has 3 aliphatic rings. The predicted molar refractivity (Wildman–Crippen MR) is 127 cm³/mol. The Morgan fingerprint density at radius 1 is 1.12 bits per heavy atom. The zero-order valence-corrected chi connectivity index (χ0v) is 20.7. The Labute approximate surface area is 200 Å². The van der Waals surface area contributed by atoms with E-state index in [0.29, 0.717) is 24.9 Å². The summed E-state index contributed by atoms with van der Waals surface area (Å²) in [5.74, 6) is -0.688. The summed E-state index contributed by atoms with van der Waals surface area (Å²) in [7, 11) is 0. The minimum absolute atomic E-state index is 0.0997. The smallest absolute Gasteiger partial charge is 0.410 e. The Bertz CT molecular complexity index is 852. The second-order valence-corrected chi connectivity index (χ2v) is 11.7. The van der Waals surface area contributed by atoms with Gasteiger partial charge in [-0.25, -0.2) is 9.59 Å². The maximum Gasteiger partial charge on any atom is 0.410 e. The number of ether oxygens (including phenoxy) is 1. The molecule has 1 saturated carbocycles. The van der Waals surface area contributed by atoms with Crippen molar-refractivity contribution in [3.63, 3.8) is 0 Å². The molecule has 9 heteroatoms. The third-order valence-electron chi connectivity index (χ3n) is 7.00. The van der Waals surface area contributed by atoms with Crippen LogP contribution < -0.4 is 10.6 Å². The lowest BCUT2D eigenvalue weighted by Gasteiger charge is -2.40. The number of nitrogens with zero attached hydrogens (tertiary/aromatic N) is 2. The van der Waals surface area contributed by atoms with E-state index in [4.69, 9.17) is 4.74 Å². The van der Waals surface area contributed by atoms with Gasteiger partial charge in [-0.1, -0.05) is 6.07 Å². The first-order valence-electron chi connectivity index (χ1n) is 12.0. The molecule has 1 aromatic heterocycles. The number of carbonyl (C=O) groups is 3. The normalized spacial score (nSPS) is 24.3. The van der Waals surface area contributed by atoms with Crippen LogP contribution in [0.15, 0.2) is 17.5 Å². The maximum absolute atomic E-state index is 13.2. The van der Waals surface area contributed by atoms with Gasteiger partial charge in [0, 0.05) is 37.1 Å². The number of amides is 4. The van der Waals surface area contributed by atoms with Crippen molar-refractivity contribution in [3.05, 3.63) is 22.4 Å². The first-order chi connectivity index (χ1) is 15.6. The summed E-state index contributed by atoms with van der Waals surface area (Å²) < 4.78 is 5.52. The van der Waals surface area contributed by atoms with Gasteiger partial charge in [0.05, 0.1) is 12.5 Å². The van der Waals surface area contributed by atoms with E-state index < -0.39 is 17.6 Å². The van der Waals surface area contributed by atoms with Gasteiger partial charge >= 0.3 is 12.1 Å². The van der Waals surface area contributed by atoms with Gasteiger partial charge in [-0.15, -0.1) is 11.3 Å². The van der Waals surface area contributed by atoms with E-state index in [-0.39, 0.29) is 24.5 Å². The maximum atomic E-state index is 13.2. The predicted octanol–water partition coefficient (Wildman–Crippen LogP) is 3.58. The number of thiophene rings is 1. The molecule has 0 radical (unpaired) electrons. The van der Waals surface area contributed by atoms with Crippen LogP contribution in [0.1, 0.15) is 57.8 Å². The van der Waals surface area contributed by atoms with Crippen LogP contribution in [0.25, 0.3) is 0 Å². The number of nitrogens with one attached hydrogen (secondary N) is 2. The molecule has 2 N–H and O–H groups in total. The average Bonchev–Trinajstić information content (AvgIpc) is 3.30. The van der Waals surface area contributed by atoms with Gasteiger partial charge in [0.1, 0.15) is 5.60 Å². The lowest BCUT2D eigenvalue weighted by Crippen LogP contribution is -2.59. The van der Waals surface area contributed by atoms with Gasteiger partial charge in [-0.2, -0.15) is 0 Å². The summed E-state index contributed by atoms with van der Waals surface area (Å²) in [5.41, 5.74) is -0.105. The Morgan fingerprint density at radius 3 is 2.45 bits per heavy atom. The number of likely N-dealkylation sites (tertiary alicyclic amines) is 2. The monoisotopic (exact) mass is 476 g/mol. The van der Waals surface area contributed by atoms with Crippen molar-refractivity contribution in [2.75, 3.05) is 26.2 Å². The Balaban J connectivity index is 1.39. The minimum atomic E-state index is -0.605. The van der Waals surface area contributed by atoms with Crippen molar-refractivity contribution >= 4 is 29.4 Å². The molecule has 182 valence electrons. The quantitative estimate of drug-likeness (QED) is 0.695. The molecule has 1 aromatic rings. The van der Waals surface area contributed by atoms with Gasteiger partial charge in [0.25, 0.3) is 0 Å². The van der Waals surface area contributed by atoms with E-state index in [1.165, 1.54) is 12.8 Å². The number of hydrogen-bond acceptors (Lipinski definition) is 5. The molecule has 4 rings (SSSR count). The molecular weight excluding hydrogens is 440 g/mol. The topological polar surface area (TPSA) is 91.0 Å². The average molecular weight is 477 g/mol. The summed E-state index contributed by atoms with van der Waals surface area (Å²) >= 11 is 1.58. The standard InChI is InChI=1S/C24H36N4O4S/c1-23(2,3)32-22(31)28-11-6-19(18(16-28)20(29)25-15-17-5-4-14-33-17)26-21(30)27-12-9-24(7-8-24)10-13-27/h4-5,14,18-19H,6-13,15-16H2,1-3H3,(H,25,29)(H,26,30)/t18-,19-/m1/s1. The Hall–Kier alpha value is -2.29. The van der Waals surface area contributed by atoms with Crippen LogP contribution in [0.3, 0.4) is 0 Å². The van der Waals surface area contributed by atoms with Gasteiger partial charge in [-0.3, -0.25) is 4.79 Å². The highest BCUT2D eigenvalue weighted by molar-refractivity contribution is 7.09. The van der Waals surface area contributed by atoms with Crippen LogP contribution in [0.5, 0.6) is 0 Å². The second-order valence-electron chi connectivity index (χ2n) is 10.7. The largest absolute Gasteiger partial charge is 0.444 e. The van der Waals surface area contributed by atoms with Crippen molar-refractivity contribution in [1.29, 1.82) is 0 Å². The number of piperidine rings is 2. The Kier molecular flexibility index (Phi) is 6.88. The van der Waals surface area contributed by atoms with E-state index in [0.717, 1.165) is 30.8 Å². The van der Waals surface area contributed by atoms with Crippen LogP contribution >= 0.6 is 11.3 Å². The summed E-state index contributed by atoms with van der Waals surface area (Å²) in [6, 6.07) is 3.50. The molecule has 8 nitrogen and oxygen atoms in total. The molecule has 4 amide bonds. The summed E-state index contributed by atoms with van der Waals surface area (Å²) in [6.45, 7) is 8.13. The molecule has 2 saturated heterocycles. The van der Waals surface area contributed by atoms with Crippen molar-refractivity contribution in [3.8, 4) is 0 Å². The van der Waals surface area contributed by atoms with E-state index in [1.807, 2.05) is 43.2 Å². The highest BCUT2D eigenvalue weighted by Gasteiger charge is 2.45. The van der Waals surface area contributed by atoms with Crippen LogP contribution in [0.4, 0.5) is 9.59 Å². The molecule has 2 atom stereocenters. The van der Waals surface area contributed by atoms with Crippen LogP contribution in [-0.2, 0) is 16.1 Å². The Morgan fingerprint density at radius 2 is 1.85 bits per heavy atom. The van der Waals surface area contributed by atoms with Crippen LogP contribution in [-0.4, -0.2) is 65.7 Å². The molecular formula is C24H36N4O4S. The zero-order chi connectivity index (χ0) is 23.6. The van der Waals surface area contributed by atoms with Crippen molar-refractivity contribution < 1.29 is 19.1 Å². The van der Waals surface area contributed by atoms with E-state index >= 15 is 0 Å². The number of urea groups is 1. The fourth-order valence-corrected chi connectivity index (χ4v) is 5.36. The molecule has 3 fully saturated rings. The van der Waals surface area contributed by atoms with E-state index in [2.05, 4.69) is 10.6 Å². The van der Waals surface area contributed by atoms with Crippen molar-refractivity contribution in [1.82, 2.24) is 20.4 Å². The molecule has 0 unspecified atom stereocenters. The van der Waals surface area contributed by atoms with Crippen LogP contribution in [0, 0.1) is 11.3 Å². The third-order valence-corrected chi connectivity index (χ3v) is 7.87. The van der Waals surface area contributed by atoms with Crippen molar-refractivity contribution in [2.45, 2.75) is 71.1 Å². The lowest BCUT2D eigenvalue weighted by atomic mass is 9.91. The number of rotatable bonds is 4. The SMILES string of the molecule is CC(C)(C)OC(=O)N1CC[C@@H](NC(=O)N2CCC3(CC2)CC3)[C@H](C(=O)NCc2cccs2)C1. The fraction of sp³-hybridized carbons (Fsp3) is 0.708. The minimum Gasteiger partial charge on any atom is -0.444 e. The molecule has 33 heavy (non-hydrogen) atoms. The third kappa shape index (κ3) is 6.19. The fourth-order valence-electron chi connectivity index (χ4n) is 4.71. The summed E-state index contributed by atoms with van der Waals surface area (Å²) in [5, 5.41) is 8.08. The summed E-state index contributed by atoms with van der Waals surface area (Å²) in [6.07, 6.45) is 4.81. The van der Waals surface area contributed by atoms with E-state index in [9.17, 15) is 14.4 Å². The first-order valence-corrected chi connectivity index (χ1v) is 12.9. The molecule has 0 aromatic carbocycles. The highest BCUT2D eigenvalue weighted by atomic mass is 32.1. The lowest BCUT2D eigenvalue weighted by molar-refractivity contribution is -0.127. The van der Waals surface area contributed by atoms with Gasteiger partial charge < -0.3 is 25.2 Å². The van der Waals surface area contributed by atoms with Gasteiger partial charge in [-0.05, 0) is 69.7 Å². The second kappa shape index (κ2) is 9.52. The molecule has 2 aliphatic heterocycles. The van der Waals surface area contributed by atoms with Gasteiger partial charge in [0.2, 0.25) is 5.91 Å². The first kappa shape index (κ1) is 23.9. The summed E-state index contributed by atoms with van der Waals surface area (Å²) in [4.78, 5) is 43.3. The van der Waals surface area contributed by atoms with Crippen LogP contribution in [0.2, 0.25) is 0 Å². The number of carbonyl (C=O) groups excluding carboxylic acids is 3. The van der Waals surface area contributed by atoms with Crippen molar-refractivity contribution in [2.24, 2.45) is 11.3 Å². The molecule has 1 spiro atoms. The highest BCUT2D eigenvalue weighted by Crippen LogP contribution is 2.53. The molecule has 3 heterocycles. The van der Waals surface area contributed by atoms with E-state index in [1.54, 1.807) is 16.2 Å².